The molecule has 0 amide bonds. The van der Waals surface area contributed by atoms with Crippen LogP contribution in [-0.4, -0.2) is 36.0 Å². The highest BCUT2D eigenvalue weighted by Gasteiger charge is 2.27. The minimum absolute atomic E-state index is 0.0584. The third-order valence-corrected chi connectivity index (χ3v) is 4.87. The Labute approximate surface area is 190 Å². The molecule has 2 heterocycles. The number of anilines is 2. The first-order valence-corrected chi connectivity index (χ1v) is 10.1. The summed E-state index contributed by atoms with van der Waals surface area (Å²) in [4.78, 5) is 0. The van der Waals surface area contributed by atoms with E-state index in [1.54, 1.807) is 16.8 Å². The van der Waals surface area contributed by atoms with Gasteiger partial charge >= 0.3 is 5.57 Å². The Morgan fingerprint density at radius 2 is 1.61 bits per heavy atom. The maximum Gasteiger partial charge on any atom is 0.487 e. The van der Waals surface area contributed by atoms with Crippen LogP contribution >= 0.6 is 11.6 Å². The Morgan fingerprint density at radius 1 is 0.879 bits per heavy atom. The van der Waals surface area contributed by atoms with Crippen molar-refractivity contribution in [2.75, 3.05) is 5.32 Å². The molecule has 2 aromatic heterocycles. The van der Waals surface area contributed by atoms with E-state index in [0.29, 0.717) is 17.2 Å². The predicted octanol–water partition coefficient (Wildman–Crippen LogP) is 5.18. The standard InChI is InChI=1S/C22H14ClF2N7O/c23-22(24,25)33-17-11-7-15(8-12-17)27-21-19-4-2-1-3-18(19)20(28-29-21)14-5-9-16(10-6-14)32-13-26-30-31-32/h1-13H,(H,27,29). The summed E-state index contributed by atoms with van der Waals surface area (Å²) in [7, 11) is 0. The number of tetrazole rings is 1. The van der Waals surface area contributed by atoms with Crippen LogP contribution in [0.15, 0.2) is 79.1 Å². The number of alkyl halides is 3. The van der Waals surface area contributed by atoms with E-state index in [-0.39, 0.29) is 5.75 Å². The van der Waals surface area contributed by atoms with Crippen LogP contribution in [0, 0.1) is 0 Å². The summed E-state index contributed by atoms with van der Waals surface area (Å²) in [6, 6.07) is 21.3. The molecule has 11 heteroatoms. The van der Waals surface area contributed by atoms with E-state index >= 15 is 0 Å². The Hall–Kier alpha value is -4.18. The molecule has 0 aliphatic rings. The SMILES string of the molecule is FC(F)(Cl)Oc1ccc(Nc2nnc(-c3ccc(-n4cnnn4)cc3)c3ccccc23)cc1. The van der Waals surface area contributed by atoms with Gasteiger partial charge in [-0.25, -0.2) is 4.68 Å². The van der Waals surface area contributed by atoms with E-state index in [4.69, 9.17) is 11.6 Å². The lowest BCUT2D eigenvalue weighted by Gasteiger charge is -2.13. The minimum Gasteiger partial charge on any atom is -0.420 e. The van der Waals surface area contributed by atoms with Crippen molar-refractivity contribution in [3.8, 4) is 22.7 Å². The first kappa shape index (κ1) is 20.7. The molecule has 0 bridgehead atoms. The fourth-order valence-corrected chi connectivity index (χ4v) is 3.43. The molecule has 0 aliphatic carbocycles. The normalized spacial score (nSPS) is 11.5. The number of aromatic nitrogens is 6. The summed E-state index contributed by atoms with van der Waals surface area (Å²) in [6.07, 6.45) is 1.52. The molecular weight excluding hydrogens is 452 g/mol. The second-order valence-electron chi connectivity index (χ2n) is 6.94. The maximum absolute atomic E-state index is 12.8. The van der Waals surface area contributed by atoms with Gasteiger partial charge in [-0.2, -0.15) is 0 Å². The number of rotatable bonds is 6. The smallest absolute Gasteiger partial charge is 0.420 e. The molecule has 1 N–H and O–H groups in total. The first-order valence-electron chi connectivity index (χ1n) is 9.68. The Kier molecular flexibility index (Phi) is 5.27. The number of hydrogen-bond donors (Lipinski definition) is 1. The van der Waals surface area contributed by atoms with Crippen molar-refractivity contribution in [2.24, 2.45) is 0 Å². The average molecular weight is 466 g/mol. The highest BCUT2D eigenvalue weighted by atomic mass is 35.5. The van der Waals surface area contributed by atoms with Crippen LogP contribution in [0.4, 0.5) is 20.3 Å². The van der Waals surface area contributed by atoms with Gasteiger partial charge in [0, 0.05) is 33.6 Å². The third-order valence-electron chi connectivity index (χ3n) is 4.79. The number of hydrogen-bond acceptors (Lipinski definition) is 7. The Balaban J connectivity index is 1.45. The number of fused-ring (bicyclic) bond motifs is 1. The van der Waals surface area contributed by atoms with Crippen LogP contribution in [-0.2, 0) is 0 Å². The molecular formula is C22H14ClF2N7O. The van der Waals surface area contributed by atoms with Crippen molar-refractivity contribution in [1.82, 2.24) is 30.4 Å². The van der Waals surface area contributed by atoms with Gasteiger partial charge in [0.2, 0.25) is 0 Å². The van der Waals surface area contributed by atoms with Crippen LogP contribution in [0.3, 0.4) is 0 Å². The van der Waals surface area contributed by atoms with Gasteiger partial charge in [0.15, 0.2) is 5.82 Å². The van der Waals surface area contributed by atoms with Gasteiger partial charge < -0.3 is 10.1 Å². The quantitative estimate of drug-likeness (QED) is 0.345. The second kappa shape index (κ2) is 8.40. The van der Waals surface area contributed by atoms with E-state index < -0.39 is 5.57 Å². The van der Waals surface area contributed by atoms with Crippen molar-refractivity contribution >= 4 is 33.9 Å². The van der Waals surface area contributed by atoms with Gasteiger partial charge in [-0.3, -0.25) is 0 Å². The molecule has 0 atom stereocenters. The molecule has 0 spiro atoms. The lowest BCUT2D eigenvalue weighted by molar-refractivity contribution is -0.0964. The molecule has 8 nitrogen and oxygen atoms in total. The number of benzene rings is 3. The zero-order chi connectivity index (χ0) is 22.8. The van der Waals surface area contributed by atoms with Crippen molar-refractivity contribution in [2.45, 2.75) is 5.57 Å². The van der Waals surface area contributed by atoms with Crippen LogP contribution in [0.25, 0.3) is 27.7 Å². The summed E-state index contributed by atoms with van der Waals surface area (Å²) < 4.78 is 31.5. The summed E-state index contributed by atoms with van der Waals surface area (Å²) in [5, 5.41) is 24.9. The third kappa shape index (κ3) is 4.55. The second-order valence-corrected chi connectivity index (χ2v) is 7.38. The van der Waals surface area contributed by atoms with Gasteiger partial charge in [0.1, 0.15) is 17.8 Å². The lowest BCUT2D eigenvalue weighted by atomic mass is 10.0. The van der Waals surface area contributed by atoms with Crippen molar-refractivity contribution in [3.63, 3.8) is 0 Å². The Bertz CT molecular complexity index is 1390. The zero-order valence-corrected chi connectivity index (χ0v) is 17.5. The first-order chi connectivity index (χ1) is 16.0. The molecule has 0 unspecified atom stereocenters. The van der Waals surface area contributed by atoms with Gasteiger partial charge in [0.25, 0.3) is 0 Å². The molecule has 0 saturated carbocycles. The van der Waals surface area contributed by atoms with Gasteiger partial charge in [-0.1, -0.05) is 36.4 Å². The minimum atomic E-state index is -3.77. The van der Waals surface area contributed by atoms with E-state index in [2.05, 4.69) is 35.8 Å². The van der Waals surface area contributed by atoms with E-state index in [1.807, 2.05) is 48.5 Å². The highest BCUT2D eigenvalue weighted by molar-refractivity contribution is 6.20. The van der Waals surface area contributed by atoms with E-state index in [1.165, 1.54) is 18.5 Å². The largest absolute Gasteiger partial charge is 0.487 e. The fraction of sp³-hybridized carbons (Fsp3) is 0.0455. The van der Waals surface area contributed by atoms with Gasteiger partial charge in [-0.05, 0) is 46.8 Å². The van der Waals surface area contributed by atoms with E-state index in [9.17, 15) is 8.78 Å². The monoisotopic (exact) mass is 465 g/mol. The van der Waals surface area contributed by atoms with Crippen molar-refractivity contribution < 1.29 is 13.5 Å². The number of nitrogens with zero attached hydrogens (tertiary/aromatic N) is 6. The summed E-state index contributed by atoms with van der Waals surface area (Å²) in [5.41, 5.74) is -0.730. The number of nitrogens with one attached hydrogen (secondary N) is 1. The fourth-order valence-electron chi connectivity index (χ4n) is 3.34. The lowest BCUT2D eigenvalue weighted by Crippen LogP contribution is -2.15. The number of halogens is 3. The number of ether oxygens (including phenoxy) is 1. The highest BCUT2D eigenvalue weighted by Crippen LogP contribution is 2.32. The average Bonchev–Trinajstić information content (AvgIpc) is 3.35. The topological polar surface area (TPSA) is 90.6 Å². The van der Waals surface area contributed by atoms with Crippen LogP contribution < -0.4 is 10.1 Å². The van der Waals surface area contributed by atoms with Crippen LogP contribution in [0.5, 0.6) is 5.75 Å². The van der Waals surface area contributed by atoms with Crippen molar-refractivity contribution in [1.29, 1.82) is 0 Å². The molecule has 0 fully saturated rings. The van der Waals surface area contributed by atoms with E-state index in [0.717, 1.165) is 22.0 Å². The summed E-state index contributed by atoms with van der Waals surface area (Å²) in [5.74, 6) is 0.466. The van der Waals surface area contributed by atoms with Crippen LogP contribution in [0.1, 0.15) is 0 Å². The molecule has 5 rings (SSSR count). The van der Waals surface area contributed by atoms with Crippen molar-refractivity contribution in [3.05, 3.63) is 79.1 Å². The predicted molar refractivity (Wildman–Crippen MR) is 119 cm³/mol. The van der Waals surface area contributed by atoms with Gasteiger partial charge in [-0.15, -0.1) is 24.1 Å². The van der Waals surface area contributed by atoms with Crippen LogP contribution in [0.2, 0.25) is 0 Å². The molecule has 0 saturated heterocycles. The molecule has 164 valence electrons. The molecule has 0 aliphatic heterocycles. The molecule has 0 radical (unpaired) electrons. The maximum atomic E-state index is 12.8. The molecule has 33 heavy (non-hydrogen) atoms. The molecule has 3 aromatic carbocycles. The van der Waals surface area contributed by atoms with Gasteiger partial charge in [0.05, 0.1) is 5.69 Å². The Morgan fingerprint density at radius 3 is 2.27 bits per heavy atom. The zero-order valence-electron chi connectivity index (χ0n) is 16.7. The summed E-state index contributed by atoms with van der Waals surface area (Å²) >= 11 is 4.80. The molecule has 5 aromatic rings. The summed E-state index contributed by atoms with van der Waals surface area (Å²) in [6.45, 7) is 0.